The molecule has 0 saturated heterocycles. The van der Waals surface area contributed by atoms with E-state index in [0.717, 1.165) is 9.35 Å². The van der Waals surface area contributed by atoms with Crippen LogP contribution in [0.25, 0.3) is 0 Å². The maximum absolute atomic E-state index is 6.06. The van der Waals surface area contributed by atoms with E-state index in [1.807, 2.05) is 17.5 Å². The molecule has 0 aliphatic rings. The van der Waals surface area contributed by atoms with Crippen LogP contribution in [0.3, 0.4) is 0 Å². The smallest absolute Gasteiger partial charge is 0.122 e. The first-order valence-corrected chi connectivity index (χ1v) is 7.47. The summed E-state index contributed by atoms with van der Waals surface area (Å²) in [6, 6.07) is 7.32. The molecule has 1 aromatic heterocycles. The summed E-state index contributed by atoms with van der Waals surface area (Å²) in [7, 11) is 0. The Morgan fingerprint density at radius 1 is 1.44 bits per heavy atom. The van der Waals surface area contributed by atoms with Crippen LogP contribution in [0.1, 0.15) is 10.4 Å². The molecule has 0 spiro atoms. The molecule has 0 saturated carbocycles. The van der Waals surface area contributed by atoms with Crippen LogP contribution >= 0.6 is 51.1 Å². The van der Waals surface area contributed by atoms with Gasteiger partial charge in [-0.2, -0.15) is 0 Å². The van der Waals surface area contributed by atoms with E-state index in [4.69, 9.17) is 34.3 Å². The summed E-state index contributed by atoms with van der Waals surface area (Å²) in [5.41, 5.74) is 6.20. The zero-order valence-electron chi connectivity index (χ0n) is 9.15. The number of ether oxygens (including phenoxy) is 1. The first-order chi connectivity index (χ1) is 8.56. The number of thiophene rings is 1. The van der Waals surface area contributed by atoms with Crippen LogP contribution in [-0.4, -0.2) is 4.99 Å². The average molecular weight is 363 g/mol. The van der Waals surface area contributed by atoms with Crippen molar-refractivity contribution in [1.29, 1.82) is 0 Å². The minimum Gasteiger partial charge on any atom is -0.488 e. The van der Waals surface area contributed by atoms with Crippen molar-refractivity contribution in [2.45, 2.75) is 6.61 Å². The van der Waals surface area contributed by atoms with Crippen molar-refractivity contribution in [2.24, 2.45) is 5.73 Å². The molecule has 18 heavy (non-hydrogen) atoms. The Bertz CT molecular complexity index is 585. The topological polar surface area (TPSA) is 35.2 Å². The van der Waals surface area contributed by atoms with Gasteiger partial charge in [0, 0.05) is 20.3 Å². The second-order valence-electron chi connectivity index (χ2n) is 3.53. The summed E-state index contributed by atoms with van der Waals surface area (Å²) >= 11 is 16.0. The van der Waals surface area contributed by atoms with Crippen LogP contribution in [0, 0.1) is 0 Å². The van der Waals surface area contributed by atoms with Crippen LogP contribution in [0.15, 0.2) is 34.1 Å². The van der Waals surface area contributed by atoms with Gasteiger partial charge in [0.15, 0.2) is 0 Å². The molecular formula is C12H9BrClNOS2. The number of thiocarbonyl (C=S) groups is 1. The van der Waals surface area contributed by atoms with E-state index < -0.39 is 0 Å². The Morgan fingerprint density at radius 2 is 2.22 bits per heavy atom. The van der Waals surface area contributed by atoms with Crippen molar-refractivity contribution in [3.8, 4) is 5.75 Å². The van der Waals surface area contributed by atoms with Crippen LogP contribution in [0.4, 0.5) is 0 Å². The lowest BCUT2D eigenvalue weighted by molar-refractivity contribution is 0.310. The van der Waals surface area contributed by atoms with Crippen LogP contribution < -0.4 is 10.5 Å². The highest BCUT2D eigenvalue weighted by Crippen LogP contribution is 2.25. The molecule has 2 nitrogen and oxygen atoms in total. The summed E-state index contributed by atoms with van der Waals surface area (Å²) in [6.07, 6.45) is 0. The third-order valence-corrected chi connectivity index (χ3v) is 4.41. The van der Waals surface area contributed by atoms with E-state index in [9.17, 15) is 0 Å². The van der Waals surface area contributed by atoms with E-state index in [0.29, 0.717) is 22.9 Å². The molecule has 0 fully saturated rings. The van der Waals surface area contributed by atoms with E-state index >= 15 is 0 Å². The van der Waals surface area contributed by atoms with Crippen molar-refractivity contribution in [1.82, 2.24) is 0 Å². The highest BCUT2D eigenvalue weighted by atomic mass is 79.9. The average Bonchev–Trinajstić information content (AvgIpc) is 2.72. The van der Waals surface area contributed by atoms with E-state index in [2.05, 4.69) is 15.9 Å². The molecule has 0 amide bonds. The first-order valence-electron chi connectivity index (χ1n) is 5.01. The number of hydrogen-bond acceptors (Lipinski definition) is 3. The number of nitrogens with two attached hydrogens (primary N) is 1. The molecule has 0 aliphatic carbocycles. The van der Waals surface area contributed by atoms with Crippen LogP contribution in [0.2, 0.25) is 5.02 Å². The Morgan fingerprint density at radius 3 is 2.78 bits per heavy atom. The SMILES string of the molecule is NC(=S)c1ccc(OCc2cc(Br)cs2)cc1Cl. The second-order valence-corrected chi connectivity index (χ2v) is 6.28. The van der Waals surface area contributed by atoms with Crippen LogP contribution in [0.5, 0.6) is 5.75 Å². The molecule has 6 heteroatoms. The fourth-order valence-electron chi connectivity index (χ4n) is 1.37. The van der Waals surface area contributed by atoms with Gasteiger partial charge in [0.25, 0.3) is 0 Å². The minimum absolute atomic E-state index is 0.286. The Hall–Kier alpha value is -0.620. The summed E-state index contributed by atoms with van der Waals surface area (Å²) in [5.74, 6) is 0.699. The summed E-state index contributed by atoms with van der Waals surface area (Å²) in [6.45, 7) is 0.513. The Labute approximate surface area is 128 Å². The summed E-state index contributed by atoms with van der Waals surface area (Å²) < 4.78 is 6.70. The fraction of sp³-hybridized carbons (Fsp3) is 0.0833. The Kier molecular flexibility index (Phi) is 4.61. The van der Waals surface area contributed by atoms with Gasteiger partial charge in [0.1, 0.15) is 17.3 Å². The quantitative estimate of drug-likeness (QED) is 0.820. The molecule has 2 aromatic rings. The lowest BCUT2D eigenvalue weighted by Gasteiger charge is -2.07. The number of halogens is 2. The lowest BCUT2D eigenvalue weighted by atomic mass is 10.2. The molecule has 1 aromatic carbocycles. The first kappa shape index (κ1) is 13.8. The molecule has 1 heterocycles. The van der Waals surface area contributed by atoms with Gasteiger partial charge in [0.2, 0.25) is 0 Å². The van der Waals surface area contributed by atoms with Crippen molar-refractivity contribution in [3.05, 3.63) is 49.6 Å². The van der Waals surface area contributed by atoms with Gasteiger partial charge in [-0.05, 0) is 40.2 Å². The zero-order chi connectivity index (χ0) is 13.1. The maximum atomic E-state index is 6.06. The molecule has 2 rings (SSSR count). The van der Waals surface area contributed by atoms with E-state index in [1.54, 1.807) is 23.5 Å². The zero-order valence-corrected chi connectivity index (χ0v) is 13.1. The minimum atomic E-state index is 0.286. The number of rotatable bonds is 4. The maximum Gasteiger partial charge on any atom is 0.122 e. The summed E-state index contributed by atoms with van der Waals surface area (Å²) in [5, 5.41) is 2.52. The molecular weight excluding hydrogens is 354 g/mol. The van der Waals surface area contributed by atoms with Gasteiger partial charge in [0.05, 0.1) is 5.02 Å². The molecule has 2 N–H and O–H groups in total. The molecule has 0 aliphatic heterocycles. The number of benzene rings is 1. The van der Waals surface area contributed by atoms with Gasteiger partial charge in [-0.25, -0.2) is 0 Å². The third kappa shape index (κ3) is 3.45. The molecule has 0 bridgehead atoms. The van der Waals surface area contributed by atoms with Crippen molar-refractivity contribution in [3.63, 3.8) is 0 Å². The van der Waals surface area contributed by atoms with E-state index in [-0.39, 0.29) is 4.99 Å². The summed E-state index contributed by atoms with van der Waals surface area (Å²) in [4.78, 5) is 1.42. The predicted octanol–water partition coefficient (Wildman–Crippen LogP) is 4.38. The monoisotopic (exact) mass is 361 g/mol. The molecule has 0 atom stereocenters. The van der Waals surface area contributed by atoms with Gasteiger partial charge < -0.3 is 10.5 Å². The highest BCUT2D eigenvalue weighted by molar-refractivity contribution is 9.10. The normalized spacial score (nSPS) is 10.3. The lowest BCUT2D eigenvalue weighted by Crippen LogP contribution is -2.09. The van der Waals surface area contributed by atoms with Gasteiger partial charge in [-0.15, -0.1) is 11.3 Å². The van der Waals surface area contributed by atoms with Crippen molar-refractivity contribution in [2.75, 3.05) is 0 Å². The molecule has 94 valence electrons. The standard InChI is InChI=1S/C12H9BrClNOS2/c13-7-3-9(18-6-7)5-16-8-1-2-10(12(15)17)11(14)4-8/h1-4,6H,5H2,(H2,15,17). The number of hydrogen-bond donors (Lipinski definition) is 1. The van der Waals surface area contributed by atoms with Crippen molar-refractivity contribution < 1.29 is 4.74 Å². The highest BCUT2D eigenvalue weighted by Gasteiger charge is 2.05. The van der Waals surface area contributed by atoms with Gasteiger partial charge in [-0.3, -0.25) is 0 Å². The third-order valence-electron chi connectivity index (χ3n) is 2.21. The van der Waals surface area contributed by atoms with Crippen molar-refractivity contribution >= 4 is 56.1 Å². The predicted molar refractivity (Wildman–Crippen MR) is 83.7 cm³/mol. The van der Waals surface area contributed by atoms with E-state index in [1.165, 1.54) is 0 Å². The Balaban J connectivity index is 2.06. The van der Waals surface area contributed by atoms with Gasteiger partial charge in [-0.1, -0.05) is 23.8 Å². The molecule has 0 radical (unpaired) electrons. The second kappa shape index (κ2) is 6.02. The molecule has 0 unspecified atom stereocenters. The largest absolute Gasteiger partial charge is 0.488 e. The fourth-order valence-corrected chi connectivity index (χ4v) is 3.24. The van der Waals surface area contributed by atoms with Crippen LogP contribution in [-0.2, 0) is 6.61 Å². The van der Waals surface area contributed by atoms with Gasteiger partial charge >= 0.3 is 0 Å².